The van der Waals surface area contributed by atoms with Crippen molar-refractivity contribution >= 4 is 11.9 Å². The molecule has 0 unspecified atom stereocenters. The number of hydrogen-bond donors (Lipinski definition) is 2. The highest BCUT2D eigenvalue weighted by molar-refractivity contribution is 5.92. The maximum Gasteiger partial charge on any atom is 0.311 e. The Labute approximate surface area is 106 Å². The third kappa shape index (κ3) is 2.88. The van der Waals surface area contributed by atoms with Crippen LogP contribution < -0.4 is 5.32 Å². The maximum atomic E-state index is 11.8. The van der Waals surface area contributed by atoms with Crippen LogP contribution in [0.15, 0.2) is 12.5 Å². The van der Waals surface area contributed by atoms with Crippen molar-refractivity contribution in [2.45, 2.75) is 26.7 Å². The van der Waals surface area contributed by atoms with Crippen molar-refractivity contribution in [3.63, 3.8) is 0 Å². The van der Waals surface area contributed by atoms with Crippen LogP contribution in [-0.2, 0) is 11.8 Å². The fourth-order valence-corrected chi connectivity index (χ4v) is 1.75. The normalized spacial score (nSPS) is 11.3. The molecule has 18 heavy (non-hydrogen) atoms. The van der Waals surface area contributed by atoms with Gasteiger partial charge in [-0.1, -0.05) is 13.8 Å². The summed E-state index contributed by atoms with van der Waals surface area (Å²) in [5.41, 5.74) is -0.603. The van der Waals surface area contributed by atoms with Crippen molar-refractivity contribution < 1.29 is 14.7 Å². The van der Waals surface area contributed by atoms with Crippen LogP contribution in [0, 0.1) is 5.41 Å². The molecule has 1 heterocycles. The molecule has 0 aliphatic carbocycles. The lowest BCUT2D eigenvalue weighted by Gasteiger charge is -2.26. The number of aryl methyl sites for hydroxylation is 1. The van der Waals surface area contributed by atoms with Crippen LogP contribution in [0.4, 0.5) is 0 Å². The van der Waals surface area contributed by atoms with E-state index in [0.29, 0.717) is 18.5 Å². The highest BCUT2D eigenvalue weighted by atomic mass is 16.4. The van der Waals surface area contributed by atoms with Gasteiger partial charge in [0.05, 0.1) is 11.7 Å². The molecule has 0 aromatic carbocycles. The van der Waals surface area contributed by atoms with Crippen LogP contribution in [0.3, 0.4) is 0 Å². The van der Waals surface area contributed by atoms with Crippen molar-refractivity contribution in [3.05, 3.63) is 18.2 Å². The highest BCUT2D eigenvalue weighted by Gasteiger charge is 2.35. The second kappa shape index (κ2) is 5.66. The minimum atomic E-state index is -0.898. The summed E-state index contributed by atoms with van der Waals surface area (Å²) in [6.45, 7) is 3.74. The van der Waals surface area contributed by atoms with Gasteiger partial charge < -0.3 is 15.0 Å². The summed E-state index contributed by atoms with van der Waals surface area (Å²) in [7, 11) is 1.77. The van der Waals surface area contributed by atoms with Crippen LogP contribution in [-0.4, -0.2) is 33.1 Å². The van der Waals surface area contributed by atoms with Crippen molar-refractivity contribution in [3.8, 4) is 0 Å². The molecule has 0 aliphatic heterocycles. The van der Waals surface area contributed by atoms with E-state index in [1.165, 1.54) is 6.33 Å². The maximum absolute atomic E-state index is 11.8. The number of carboxylic acid groups (broad SMARTS) is 1. The number of imidazole rings is 1. The lowest BCUT2D eigenvalue weighted by Crippen LogP contribution is -2.42. The summed E-state index contributed by atoms with van der Waals surface area (Å²) in [5.74, 6) is -1.23. The zero-order chi connectivity index (χ0) is 13.8. The summed E-state index contributed by atoms with van der Waals surface area (Å²) in [4.78, 5) is 27.0. The lowest BCUT2D eigenvalue weighted by atomic mass is 9.82. The SMILES string of the molecule is CCC(CC)(CNC(=O)c1cn(C)cn1)C(=O)O. The Hall–Kier alpha value is -1.85. The van der Waals surface area contributed by atoms with Gasteiger partial charge in [0.15, 0.2) is 0 Å². The van der Waals surface area contributed by atoms with Gasteiger partial charge in [-0.05, 0) is 12.8 Å². The van der Waals surface area contributed by atoms with E-state index < -0.39 is 11.4 Å². The number of carboxylic acids is 1. The van der Waals surface area contributed by atoms with Gasteiger partial charge in [-0.3, -0.25) is 9.59 Å². The highest BCUT2D eigenvalue weighted by Crippen LogP contribution is 2.25. The second-order valence-electron chi connectivity index (χ2n) is 4.40. The third-order valence-electron chi connectivity index (χ3n) is 3.33. The predicted octanol–water partition coefficient (Wildman–Crippen LogP) is 1.04. The molecular formula is C12H19N3O3. The smallest absolute Gasteiger partial charge is 0.311 e. The van der Waals surface area contributed by atoms with Gasteiger partial charge >= 0.3 is 5.97 Å². The van der Waals surface area contributed by atoms with Gasteiger partial charge in [-0.15, -0.1) is 0 Å². The Morgan fingerprint density at radius 3 is 2.44 bits per heavy atom. The summed E-state index contributed by atoms with van der Waals surface area (Å²) in [6, 6.07) is 0. The van der Waals surface area contributed by atoms with E-state index in [0.717, 1.165) is 0 Å². The molecular weight excluding hydrogens is 234 g/mol. The van der Waals surface area contributed by atoms with Crippen molar-refractivity contribution in [2.75, 3.05) is 6.54 Å². The first-order valence-electron chi connectivity index (χ1n) is 5.94. The minimum absolute atomic E-state index is 0.116. The summed E-state index contributed by atoms with van der Waals surface area (Å²) in [5, 5.41) is 11.9. The number of hydrogen-bond acceptors (Lipinski definition) is 3. The predicted molar refractivity (Wildman–Crippen MR) is 66.2 cm³/mol. The van der Waals surface area contributed by atoms with E-state index in [2.05, 4.69) is 10.3 Å². The largest absolute Gasteiger partial charge is 0.481 e. The van der Waals surface area contributed by atoms with Crippen molar-refractivity contribution in [1.29, 1.82) is 0 Å². The number of aliphatic carboxylic acids is 1. The molecule has 1 aromatic rings. The monoisotopic (exact) mass is 253 g/mol. The summed E-state index contributed by atoms with van der Waals surface area (Å²) in [6.07, 6.45) is 4.07. The fourth-order valence-electron chi connectivity index (χ4n) is 1.75. The van der Waals surface area contributed by atoms with Gasteiger partial charge in [0.2, 0.25) is 0 Å². The van der Waals surface area contributed by atoms with Crippen LogP contribution in [0.25, 0.3) is 0 Å². The van der Waals surface area contributed by atoms with Crippen LogP contribution >= 0.6 is 0 Å². The molecule has 0 atom stereocenters. The molecule has 1 aromatic heterocycles. The van der Waals surface area contributed by atoms with E-state index in [4.69, 9.17) is 0 Å². The first-order chi connectivity index (χ1) is 8.45. The molecule has 0 spiro atoms. The minimum Gasteiger partial charge on any atom is -0.481 e. The molecule has 0 fully saturated rings. The molecule has 0 radical (unpaired) electrons. The van der Waals surface area contributed by atoms with E-state index in [9.17, 15) is 14.7 Å². The molecule has 2 N–H and O–H groups in total. The third-order valence-corrected chi connectivity index (χ3v) is 3.33. The molecule has 1 rings (SSSR count). The molecule has 1 amide bonds. The van der Waals surface area contributed by atoms with Crippen LogP contribution in [0.1, 0.15) is 37.2 Å². The summed E-state index contributed by atoms with van der Waals surface area (Å²) < 4.78 is 1.67. The zero-order valence-electron chi connectivity index (χ0n) is 10.9. The average Bonchev–Trinajstić information content (AvgIpc) is 2.77. The van der Waals surface area contributed by atoms with E-state index in [1.807, 2.05) is 13.8 Å². The van der Waals surface area contributed by atoms with E-state index in [-0.39, 0.29) is 12.5 Å². The Kier molecular flexibility index (Phi) is 4.47. The molecule has 0 bridgehead atoms. The van der Waals surface area contributed by atoms with Crippen LogP contribution in [0.5, 0.6) is 0 Å². The molecule has 6 nitrogen and oxygen atoms in total. The number of amides is 1. The van der Waals surface area contributed by atoms with E-state index >= 15 is 0 Å². The van der Waals surface area contributed by atoms with Gasteiger partial charge in [0, 0.05) is 19.8 Å². The quantitative estimate of drug-likeness (QED) is 0.793. The van der Waals surface area contributed by atoms with Gasteiger partial charge in [0.1, 0.15) is 5.69 Å². The molecule has 6 heteroatoms. The molecule has 0 saturated carbocycles. The van der Waals surface area contributed by atoms with Gasteiger partial charge in [-0.2, -0.15) is 0 Å². The Morgan fingerprint density at radius 1 is 1.44 bits per heavy atom. The van der Waals surface area contributed by atoms with Crippen molar-refractivity contribution in [2.24, 2.45) is 12.5 Å². The van der Waals surface area contributed by atoms with Crippen molar-refractivity contribution in [1.82, 2.24) is 14.9 Å². The zero-order valence-corrected chi connectivity index (χ0v) is 10.9. The topological polar surface area (TPSA) is 84.2 Å². The standard InChI is InChI=1S/C12H19N3O3/c1-4-12(5-2,11(17)18)7-13-10(16)9-6-15(3)8-14-9/h6,8H,4-5,7H2,1-3H3,(H,13,16)(H,17,18). The van der Waals surface area contributed by atoms with Gasteiger partial charge in [0.25, 0.3) is 5.91 Å². The second-order valence-corrected chi connectivity index (χ2v) is 4.40. The fraction of sp³-hybridized carbons (Fsp3) is 0.583. The first-order valence-corrected chi connectivity index (χ1v) is 5.94. The summed E-state index contributed by atoms with van der Waals surface area (Å²) >= 11 is 0. The number of nitrogens with zero attached hydrogens (tertiary/aromatic N) is 2. The molecule has 0 aliphatic rings. The Balaban J connectivity index is 2.69. The molecule has 0 saturated heterocycles. The van der Waals surface area contributed by atoms with Crippen LogP contribution in [0.2, 0.25) is 0 Å². The number of carbonyl (C=O) groups excluding carboxylic acids is 1. The first kappa shape index (κ1) is 14.2. The number of nitrogens with one attached hydrogen (secondary N) is 1. The number of aromatic nitrogens is 2. The number of rotatable bonds is 6. The number of carbonyl (C=O) groups is 2. The van der Waals surface area contributed by atoms with Gasteiger partial charge in [-0.25, -0.2) is 4.98 Å². The Bertz CT molecular complexity index is 436. The van der Waals surface area contributed by atoms with E-state index in [1.54, 1.807) is 17.8 Å². The molecule has 100 valence electrons. The average molecular weight is 253 g/mol. The Morgan fingerprint density at radius 2 is 2.06 bits per heavy atom. The lowest BCUT2D eigenvalue weighted by molar-refractivity contribution is -0.149.